The van der Waals surface area contributed by atoms with Crippen molar-refractivity contribution in [1.29, 1.82) is 0 Å². The molecule has 1 nitrogen and oxygen atoms in total. The maximum absolute atomic E-state index is 5.60. The molecule has 0 spiro atoms. The van der Waals surface area contributed by atoms with Gasteiger partial charge >= 0.3 is 0 Å². The third kappa shape index (κ3) is 0.646. The van der Waals surface area contributed by atoms with Gasteiger partial charge in [-0.25, -0.2) is 0 Å². The van der Waals surface area contributed by atoms with Crippen LogP contribution >= 0.6 is 0 Å². The van der Waals surface area contributed by atoms with E-state index >= 15 is 0 Å². The van der Waals surface area contributed by atoms with Crippen LogP contribution in [-0.2, 0) is 4.74 Å². The molecule has 0 radical (unpaired) electrons. The van der Waals surface area contributed by atoms with Gasteiger partial charge in [0.15, 0.2) is 0 Å². The zero-order valence-electron chi connectivity index (χ0n) is 7.34. The lowest BCUT2D eigenvalue weighted by Gasteiger charge is -2.54. The third-order valence-electron chi connectivity index (χ3n) is 4.10. The van der Waals surface area contributed by atoms with Crippen molar-refractivity contribution in [3.05, 3.63) is 36.5 Å². The lowest BCUT2D eigenvalue weighted by atomic mass is 9.47. The van der Waals surface area contributed by atoms with Crippen molar-refractivity contribution in [3.63, 3.8) is 0 Å². The molecule has 66 valence electrons. The summed E-state index contributed by atoms with van der Waals surface area (Å²) >= 11 is 0. The van der Waals surface area contributed by atoms with Gasteiger partial charge in [-0.3, -0.25) is 0 Å². The van der Waals surface area contributed by atoms with Crippen LogP contribution < -0.4 is 0 Å². The summed E-state index contributed by atoms with van der Waals surface area (Å²) in [6, 6.07) is 0. The Morgan fingerprint density at radius 1 is 0.692 bits per heavy atom. The molecule has 1 heteroatoms. The van der Waals surface area contributed by atoms with Gasteiger partial charge in [0.1, 0.15) is 0 Å². The number of fused-ring (bicyclic) bond motifs is 7. The molecule has 13 heavy (non-hydrogen) atoms. The molecule has 0 bridgehead atoms. The Labute approximate surface area is 77.8 Å². The Morgan fingerprint density at radius 3 is 1.77 bits per heavy atom. The molecule has 4 rings (SSSR count). The number of hydrogen-bond acceptors (Lipinski definition) is 1. The maximum Gasteiger partial charge on any atom is 0.0882 e. The molecule has 1 heterocycles. The minimum absolute atomic E-state index is 0.646. The molecule has 0 aromatic carbocycles. The molecule has 0 aromatic heterocycles. The van der Waals surface area contributed by atoms with Gasteiger partial charge < -0.3 is 4.74 Å². The third-order valence-corrected chi connectivity index (χ3v) is 4.10. The lowest BCUT2D eigenvalue weighted by molar-refractivity contribution is -0.0104. The number of hydrogen-bond donors (Lipinski definition) is 0. The summed E-state index contributed by atoms with van der Waals surface area (Å²) in [6.45, 7) is 0. The van der Waals surface area contributed by atoms with Crippen LogP contribution in [0.2, 0.25) is 0 Å². The summed E-state index contributed by atoms with van der Waals surface area (Å²) in [5, 5.41) is 0. The van der Waals surface area contributed by atoms with Crippen LogP contribution in [0.15, 0.2) is 36.5 Å². The van der Waals surface area contributed by atoms with Crippen molar-refractivity contribution in [2.75, 3.05) is 0 Å². The maximum atomic E-state index is 5.60. The van der Waals surface area contributed by atoms with E-state index in [-0.39, 0.29) is 0 Å². The number of rotatable bonds is 0. The average Bonchev–Trinajstić information content (AvgIpc) is 2.75. The Morgan fingerprint density at radius 2 is 1.23 bits per heavy atom. The van der Waals surface area contributed by atoms with Gasteiger partial charge in [-0.15, -0.1) is 0 Å². The molecule has 0 aromatic rings. The van der Waals surface area contributed by atoms with E-state index in [2.05, 4.69) is 36.5 Å². The Hall–Kier alpha value is -0.820. The fourth-order valence-corrected chi connectivity index (χ4v) is 3.39. The first-order chi connectivity index (χ1) is 6.47. The van der Waals surface area contributed by atoms with E-state index < -0.39 is 0 Å². The highest BCUT2D eigenvalue weighted by Crippen LogP contribution is 2.68. The van der Waals surface area contributed by atoms with Crippen LogP contribution in [0.1, 0.15) is 0 Å². The quantitative estimate of drug-likeness (QED) is 0.509. The summed E-state index contributed by atoms with van der Waals surface area (Å²) < 4.78 is 5.60. The Bertz CT molecular complexity index is 307. The standard InChI is InChI=1S/C12H12O/c1-2-4-6-8-7(5-3-1)9-10(8)12-11(9)13-12/h1-12H/b2-1-,5-3-,6-4-/t7-,8+,9-,10+,11+,12-. The van der Waals surface area contributed by atoms with Crippen LogP contribution in [0, 0.1) is 23.7 Å². The fourth-order valence-electron chi connectivity index (χ4n) is 3.39. The lowest BCUT2D eigenvalue weighted by Crippen LogP contribution is -2.58. The predicted molar refractivity (Wildman–Crippen MR) is 50.0 cm³/mol. The van der Waals surface area contributed by atoms with Gasteiger partial charge in [0.2, 0.25) is 0 Å². The van der Waals surface area contributed by atoms with Gasteiger partial charge in [0.05, 0.1) is 12.2 Å². The molecule has 6 atom stereocenters. The first kappa shape index (κ1) is 6.61. The highest BCUT2D eigenvalue weighted by Gasteiger charge is 2.74. The highest BCUT2D eigenvalue weighted by atomic mass is 16.6. The monoisotopic (exact) mass is 172 g/mol. The van der Waals surface area contributed by atoms with Gasteiger partial charge in [0.25, 0.3) is 0 Å². The molecule has 3 fully saturated rings. The SMILES string of the molecule is C1=C\C=C/[C@H]2[C@@H](\C=C/1)[C@H]1[C@@H]3O[C@@H]3[C@@H]21. The van der Waals surface area contributed by atoms with Crippen LogP contribution in [0.25, 0.3) is 0 Å². The molecule has 2 saturated carbocycles. The second-order valence-electron chi connectivity index (χ2n) is 4.53. The first-order valence-corrected chi connectivity index (χ1v) is 5.14. The van der Waals surface area contributed by atoms with E-state index in [0.29, 0.717) is 12.2 Å². The van der Waals surface area contributed by atoms with Gasteiger partial charge in [-0.1, -0.05) is 36.5 Å². The van der Waals surface area contributed by atoms with E-state index in [4.69, 9.17) is 4.74 Å². The number of allylic oxidation sites excluding steroid dienone is 6. The summed E-state index contributed by atoms with van der Waals surface area (Å²) in [5.74, 6) is 3.27. The molecule has 1 aliphatic heterocycles. The highest BCUT2D eigenvalue weighted by molar-refractivity contribution is 5.31. The number of epoxide rings is 1. The first-order valence-electron chi connectivity index (χ1n) is 5.14. The van der Waals surface area contributed by atoms with Crippen LogP contribution in [0.5, 0.6) is 0 Å². The van der Waals surface area contributed by atoms with Crippen molar-refractivity contribution < 1.29 is 4.74 Å². The van der Waals surface area contributed by atoms with Crippen molar-refractivity contribution >= 4 is 0 Å². The topological polar surface area (TPSA) is 12.5 Å². The van der Waals surface area contributed by atoms with Gasteiger partial charge in [-0.05, 0) is 11.8 Å². The summed E-state index contributed by atoms with van der Waals surface area (Å²) in [7, 11) is 0. The average molecular weight is 172 g/mol. The molecule has 1 saturated heterocycles. The molecular weight excluding hydrogens is 160 g/mol. The zero-order valence-corrected chi connectivity index (χ0v) is 7.34. The van der Waals surface area contributed by atoms with Crippen LogP contribution in [-0.4, -0.2) is 12.2 Å². The summed E-state index contributed by atoms with van der Waals surface area (Å²) in [6.07, 6.45) is 14.6. The normalized spacial score (nSPS) is 66.5. The van der Waals surface area contributed by atoms with Crippen molar-refractivity contribution in [2.45, 2.75) is 12.2 Å². The molecule has 0 unspecified atom stereocenters. The van der Waals surface area contributed by atoms with Crippen molar-refractivity contribution in [2.24, 2.45) is 23.7 Å². The minimum Gasteiger partial charge on any atom is -0.369 e. The summed E-state index contributed by atoms with van der Waals surface area (Å²) in [4.78, 5) is 0. The van der Waals surface area contributed by atoms with Crippen LogP contribution in [0.3, 0.4) is 0 Å². The van der Waals surface area contributed by atoms with Crippen molar-refractivity contribution in [3.8, 4) is 0 Å². The van der Waals surface area contributed by atoms with E-state index in [0.717, 1.165) is 23.7 Å². The molecular formula is C12H12O. The second-order valence-corrected chi connectivity index (χ2v) is 4.53. The summed E-state index contributed by atoms with van der Waals surface area (Å²) in [5.41, 5.74) is 0. The molecule has 0 N–H and O–H groups in total. The minimum atomic E-state index is 0.646. The molecule has 3 aliphatic carbocycles. The molecule has 4 aliphatic rings. The van der Waals surface area contributed by atoms with Crippen LogP contribution in [0.4, 0.5) is 0 Å². The zero-order chi connectivity index (χ0) is 8.41. The fraction of sp³-hybridized carbons (Fsp3) is 0.500. The Kier molecular flexibility index (Phi) is 1.01. The van der Waals surface area contributed by atoms with Gasteiger partial charge in [-0.2, -0.15) is 0 Å². The van der Waals surface area contributed by atoms with E-state index in [1.807, 2.05) is 0 Å². The number of ether oxygens (including phenoxy) is 1. The largest absolute Gasteiger partial charge is 0.369 e. The van der Waals surface area contributed by atoms with E-state index in [9.17, 15) is 0 Å². The predicted octanol–water partition coefficient (Wildman–Crippen LogP) is 1.93. The van der Waals surface area contributed by atoms with Gasteiger partial charge in [0, 0.05) is 11.8 Å². The molecule has 0 amide bonds. The Balaban J connectivity index is 1.71. The van der Waals surface area contributed by atoms with E-state index in [1.165, 1.54) is 0 Å². The van der Waals surface area contributed by atoms with E-state index in [1.54, 1.807) is 0 Å². The smallest absolute Gasteiger partial charge is 0.0882 e. The second kappa shape index (κ2) is 1.98. The van der Waals surface area contributed by atoms with Crippen molar-refractivity contribution in [1.82, 2.24) is 0 Å².